The molecule has 0 radical (unpaired) electrons. The average molecular weight is 422 g/mol. The minimum atomic E-state index is 0. The Morgan fingerprint density at radius 1 is 1.26 bits per heavy atom. The van der Waals surface area contributed by atoms with Gasteiger partial charge in [0.15, 0.2) is 5.75 Å². The number of carbonyl (C=O) groups excluding carboxylic acids is 1. The summed E-state index contributed by atoms with van der Waals surface area (Å²) in [6.45, 7) is 2.76. The first kappa shape index (κ1) is 23.4. The van der Waals surface area contributed by atoms with Crippen LogP contribution in [0.5, 0.6) is 5.75 Å². The number of anilines is 1. The minimum absolute atomic E-state index is 0. The molecule has 3 heterocycles. The van der Waals surface area contributed by atoms with Crippen molar-refractivity contribution in [2.24, 2.45) is 5.73 Å². The molecule has 0 unspecified atom stereocenters. The highest BCUT2D eigenvalue weighted by molar-refractivity contribution is 5.85. The Bertz CT molecular complexity index is 624. The van der Waals surface area contributed by atoms with Crippen LogP contribution in [0.2, 0.25) is 0 Å². The number of ether oxygens (including phenoxy) is 1. The first-order valence-electron chi connectivity index (χ1n) is 8.68. The molecule has 2 saturated heterocycles. The second kappa shape index (κ2) is 11.3. The lowest BCUT2D eigenvalue weighted by atomic mass is 10.0. The van der Waals surface area contributed by atoms with Crippen molar-refractivity contribution in [3.8, 4) is 5.75 Å². The first-order valence-corrected chi connectivity index (χ1v) is 8.68. The maximum atomic E-state index is 12.5. The minimum Gasteiger partial charge on any atom is -0.486 e. The van der Waals surface area contributed by atoms with Crippen molar-refractivity contribution in [2.75, 3.05) is 37.7 Å². The highest BCUT2D eigenvalue weighted by atomic mass is 35.5. The number of amides is 1. The normalized spacial score (nSPS) is 18.1. The quantitative estimate of drug-likeness (QED) is 0.756. The molecule has 3 rings (SSSR count). The van der Waals surface area contributed by atoms with Crippen LogP contribution in [0.15, 0.2) is 24.3 Å². The second-order valence-corrected chi connectivity index (χ2v) is 6.39. The van der Waals surface area contributed by atoms with Gasteiger partial charge in [0.05, 0.1) is 18.7 Å². The number of hydrogen-bond acceptors (Lipinski definition) is 6. The summed E-state index contributed by atoms with van der Waals surface area (Å²) in [5.41, 5.74) is 5.76. The molecule has 0 saturated carbocycles. The third-order valence-corrected chi connectivity index (χ3v) is 4.75. The molecule has 1 aromatic heterocycles. The van der Waals surface area contributed by atoms with E-state index in [1.807, 2.05) is 4.90 Å². The molecule has 10 heteroatoms. The van der Waals surface area contributed by atoms with Crippen molar-refractivity contribution in [3.05, 3.63) is 24.3 Å². The molecule has 27 heavy (non-hydrogen) atoms. The summed E-state index contributed by atoms with van der Waals surface area (Å²) in [6, 6.07) is 0.344. The van der Waals surface area contributed by atoms with E-state index in [4.69, 9.17) is 10.5 Å². The van der Waals surface area contributed by atoms with E-state index in [0.29, 0.717) is 36.1 Å². The number of piperidine rings is 1. The summed E-state index contributed by atoms with van der Waals surface area (Å²) in [5, 5.41) is 0. The number of likely N-dealkylation sites (tertiary alicyclic amines) is 1. The van der Waals surface area contributed by atoms with Gasteiger partial charge in [-0.25, -0.2) is 14.4 Å². The van der Waals surface area contributed by atoms with Gasteiger partial charge in [0.1, 0.15) is 6.61 Å². The Balaban J connectivity index is 0.00000182. The SMILES string of the molecule is Cl.Cl.NC/C(=C\F)COc1cnc(N2CCC(N3CCCC3=O)CC2)nc1. The van der Waals surface area contributed by atoms with Crippen LogP contribution in [-0.4, -0.2) is 59.6 Å². The fourth-order valence-corrected chi connectivity index (χ4v) is 3.29. The Hall–Kier alpha value is -1.64. The number of carbonyl (C=O) groups is 1. The van der Waals surface area contributed by atoms with E-state index in [1.165, 1.54) is 0 Å². The second-order valence-electron chi connectivity index (χ2n) is 6.39. The Morgan fingerprint density at radius 2 is 1.93 bits per heavy atom. The molecule has 1 amide bonds. The average Bonchev–Trinajstić information content (AvgIpc) is 3.09. The van der Waals surface area contributed by atoms with Crippen molar-refractivity contribution in [1.82, 2.24) is 14.9 Å². The molecule has 0 aromatic carbocycles. The lowest BCUT2D eigenvalue weighted by molar-refractivity contribution is -0.130. The molecule has 0 bridgehead atoms. The molecule has 2 N–H and O–H groups in total. The van der Waals surface area contributed by atoms with Gasteiger partial charge >= 0.3 is 0 Å². The van der Waals surface area contributed by atoms with Crippen molar-refractivity contribution in [3.63, 3.8) is 0 Å². The van der Waals surface area contributed by atoms with E-state index in [9.17, 15) is 9.18 Å². The van der Waals surface area contributed by atoms with E-state index in [2.05, 4.69) is 14.9 Å². The molecule has 2 aliphatic heterocycles. The van der Waals surface area contributed by atoms with Gasteiger partial charge in [-0.1, -0.05) is 0 Å². The van der Waals surface area contributed by atoms with Crippen LogP contribution in [0.25, 0.3) is 0 Å². The molecule has 1 aromatic rings. The topological polar surface area (TPSA) is 84.6 Å². The zero-order valence-corrected chi connectivity index (χ0v) is 16.7. The Kier molecular flexibility index (Phi) is 9.76. The third kappa shape index (κ3) is 5.92. The molecule has 0 atom stereocenters. The molecule has 2 fully saturated rings. The monoisotopic (exact) mass is 421 g/mol. The van der Waals surface area contributed by atoms with E-state index in [0.717, 1.165) is 38.9 Å². The van der Waals surface area contributed by atoms with E-state index in [-0.39, 0.29) is 43.9 Å². The Labute approximate surface area is 171 Å². The summed E-state index contributed by atoms with van der Waals surface area (Å²) in [7, 11) is 0. The number of rotatable bonds is 6. The van der Waals surface area contributed by atoms with Gasteiger partial charge in [0.2, 0.25) is 11.9 Å². The molecular weight excluding hydrogens is 396 g/mol. The molecule has 2 aliphatic rings. The van der Waals surface area contributed by atoms with E-state index < -0.39 is 0 Å². The summed E-state index contributed by atoms with van der Waals surface area (Å²) < 4.78 is 17.9. The standard InChI is InChI=1S/C17H24FN5O2.2ClH/c18-8-13(9-19)12-25-15-10-20-17(21-11-15)22-6-3-14(4-7-22)23-5-1-2-16(23)24;;/h8,10-11,14H,1-7,9,12,19H2;2*1H/b13-8+;;. The van der Waals surface area contributed by atoms with Gasteiger partial charge in [-0.2, -0.15) is 0 Å². The summed E-state index contributed by atoms with van der Waals surface area (Å²) in [5.74, 6) is 1.42. The molecule has 152 valence electrons. The lowest BCUT2D eigenvalue weighted by Gasteiger charge is -2.36. The highest BCUT2D eigenvalue weighted by Crippen LogP contribution is 2.24. The molecule has 0 aliphatic carbocycles. The predicted octanol–water partition coefficient (Wildman–Crippen LogP) is 2.10. The van der Waals surface area contributed by atoms with Crippen LogP contribution in [0.4, 0.5) is 10.3 Å². The van der Waals surface area contributed by atoms with Crippen LogP contribution >= 0.6 is 24.8 Å². The largest absolute Gasteiger partial charge is 0.486 e. The zero-order chi connectivity index (χ0) is 17.6. The fraction of sp³-hybridized carbons (Fsp3) is 0.588. The Morgan fingerprint density at radius 3 is 2.44 bits per heavy atom. The van der Waals surface area contributed by atoms with Crippen molar-refractivity contribution < 1.29 is 13.9 Å². The predicted molar refractivity (Wildman–Crippen MR) is 106 cm³/mol. The van der Waals surface area contributed by atoms with Crippen molar-refractivity contribution in [2.45, 2.75) is 31.7 Å². The van der Waals surface area contributed by atoms with Gasteiger partial charge in [0.25, 0.3) is 0 Å². The van der Waals surface area contributed by atoms with Crippen LogP contribution in [0.1, 0.15) is 25.7 Å². The van der Waals surface area contributed by atoms with Gasteiger partial charge < -0.3 is 20.3 Å². The summed E-state index contributed by atoms with van der Waals surface area (Å²) >= 11 is 0. The number of hydrogen-bond donors (Lipinski definition) is 1. The van der Waals surface area contributed by atoms with Gasteiger partial charge in [-0.3, -0.25) is 4.79 Å². The fourth-order valence-electron chi connectivity index (χ4n) is 3.29. The third-order valence-electron chi connectivity index (χ3n) is 4.75. The van der Waals surface area contributed by atoms with E-state index >= 15 is 0 Å². The van der Waals surface area contributed by atoms with Gasteiger partial charge in [0, 0.05) is 44.2 Å². The van der Waals surface area contributed by atoms with Crippen LogP contribution in [0.3, 0.4) is 0 Å². The molecule has 7 nitrogen and oxygen atoms in total. The van der Waals surface area contributed by atoms with E-state index in [1.54, 1.807) is 12.4 Å². The van der Waals surface area contributed by atoms with Gasteiger partial charge in [-0.15, -0.1) is 24.8 Å². The van der Waals surface area contributed by atoms with Crippen molar-refractivity contribution >= 4 is 36.7 Å². The maximum absolute atomic E-state index is 12.5. The summed E-state index contributed by atoms with van der Waals surface area (Å²) in [4.78, 5) is 24.7. The van der Waals surface area contributed by atoms with Crippen LogP contribution in [0, 0.1) is 0 Å². The zero-order valence-electron chi connectivity index (χ0n) is 15.1. The number of aromatic nitrogens is 2. The van der Waals surface area contributed by atoms with Gasteiger partial charge in [-0.05, 0) is 19.3 Å². The lowest BCUT2D eigenvalue weighted by Crippen LogP contribution is -2.45. The molecular formula is C17H26Cl2FN5O2. The summed E-state index contributed by atoms with van der Waals surface area (Å²) in [6.07, 6.45) is 7.18. The number of nitrogens with two attached hydrogens (primary N) is 1. The molecule has 0 spiro atoms. The van der Waals surface area contributed by atoms with Crippen LogP contribution in [-0.2, 0) is 4.79 Å². The first-order chi connectivity index (χ1) is 12.2. The number of halogens is 3. The maximum Gasteiger partial charge on any atom is 0.225 e. The van der Waals surface area contributed by atoms with Crippen LogP contribution < -0.4 is 15.4 Å². The highest BCUT2D eigenvalue weighted by Gasteiger charge is 2.31. The number of nitrogens with zero attached hydrogens (tertiary/aromatic N) is 4. The smallest absolute Gasteiger partial charge is 0.225 e. The van der Waals surface area contributed by atoms with Crippen molar-refractivity contribution in [1.29, 1.82) is 0 Å².